The van der Waals surface area contributed by atoms with E-state index in [0.717, 1.165) is 43.1 Å². The number of halogens is 2. The van der Waals surface area contributed by atoms with Gasteiger partial charge in [-0.3, -0.25) is 9.69 Å². The normalized spacial score (nSPS) is 17.6. The molecule has 1 aromatic rings. The van der Waals surface area contributed by atoms with Crippen molar-refractivity contribution in [2.24, 2.45) is 5.92 Å². The Hall–Kier alpha value is -1.21. The third-order valence-electron chi connectivity index (χ3n) is 4.39. The summed E-state index contributed by atoms with van der Waals surface area (Å²) >= 11 is 0. The van der Waals surface area contributed by atoms with Gasteiger partial charge in [0.05, 0.1) is 14.2 Å². The molecule has 2 N–H and O–H groups in total. The highest BCUT2D eigenvalue weighted by atomic mass is 35.5. The molecule has 2 unspecified atom stereocenters. The Morgan fingerprint density at radius 2 is 1.85 bits per heavy atom. The number of likely N-dealkylation sites (tertiary alicyclic amines) is 1. The SMILES string of the molecule is CNCC(C)C(=O)NC1CCN(Cc2cc(OC)cc(OC)c2)C1.Cl.Cl. The molecule has 1 fully saturated rings. The molecule has 8 heteroatoms. The summed E-state index contributed by atoms with van der Waals surface area (Å²) in [6.07, 6.45) is 0.985. The van der Waals surface area contributed by atoms with Gasteiger partial charge in [-0.25, -0.2) is 0 Å². The molecule has 0 bridgehead atoms. The van der Waals surface area contributed by atoms with E-state index in [-0.39, 0.29) is 42.7 Å². The highest BCUT2D eigenvalue weighted by Crippen LogP contribution is 2.24. The van der Waals surface area contributed by atoms with Crippen LogP contribution in [0.3, 0.4) is 0 Å². The van der Waals surface area contributed by atoms with Crippen LogP contribution in [0.5, 0.6) is 11.5 Å². The first-order valence-corrected chi connectivity index (χ1v) is 8.45. The number of ether oxygens (including phenoxy) is 2. The van der Waals surface area contributed by atoms with Crippen molar-refractivity contribution in [2.45, 2.75) is 25.9 Å². The van der Waals surface area contributed by atoms with Gasteiger partial charge >= 0.3 is 0 Å². The Balaban J connectivity index is 0.00000312. The summed E-state index contributed by atoms with van der Waals surface area (Å²) in [5, 5.41) is 6.20. The molecule has 2 atom stereocenters. The van der Waals surface area contributed by atoms with Crippen LogP contribution in [0.15, 0.2) is 18.2 Å². The second-order valence-corrected chi connectivity index (χ2v) is 6.41. The summed E-state index contributed by atoms with van der Waals surface area (Å²) in [6.45, 7) is 5.32. The number of rotatable bonds is 8. The van der Waals surface area contributed by atoms with Gasteiger partial charge in [0.2, 0.25) is 5.91 Å². The molecule has 0 spiro atoms. The Morgan fingerprint density at radius 1 is 1.23 bits per heavy atom. The van der Waals surface area contributed by atoms with Gasteiger partial charge in [0.1, 0.15) is 11.5 Å². The van der Waals surface area contributed by atoms with Crippen LogP contribution in [-0.2, 0) is 11.3 Å². The first-order valence-electron chi connectivity index (χ1n) is 8.45. The van der Waals surface area contributed by atoms with E-state index in [1.54, 1.807) is 14.2 Å². The number of nitrogens with one attached hydrogen (secondary N) is 2. The second-order valence-electron chi connectivity index (χ2n) is 6.41. The smallest absolute Gasteiger partial charge is 0.224 e. The Kier molecular flexibility index (Phi) is 11.7. The minimum atomic E-state index is -0.00769. The maximum atomic E-state index is 12.1. The van der Waals surface area contributed by atoms with E-state index in [0.29, 0.717) is 6.54 Å². The van der Waals surface area contributed by atoms with E-state index in [2.05, 4.69) is 15.5 Å². The fourth-order valence-corrected chi connectivity index (χ4v) is 3.05. The maximum Gasteiger partial charge on any atom is 0.224 e. The fourth-order valence-electron chi connectivity index (χ4n) is 3.05. The summed E-state index contributed by atoms with van der Waals surface area (Å²) in [5.41, 5.74) is 1.15. The van der Waals surface area contributed by atoms with Crippen LogP contribution >= 0.6 is 24.8 Å². The van der Waals surface area contributed by atoms with E-state index in [9.17, 15) is 4.79 Å². The first kappa shape index (κ1) is 24.8. The van der Waals surface area contributed by atoms with Crippen LogP contribution in [-0.4, -0.2) is 57.8 Å². The first-order chi connectivity index (χ1) is 11.5. The van der Waals surface area contributed by atoms with Crippen molar-refractivity contribution in [3.8, 4) is 11.5 Å². The average Bonchev–Trinajstić information content (AvgIpc) is 3.01. The third-order valence-corrected chi connectivity index (χ3v) is 4.39. The summed E-state index contributed by atoms with van der Waals surface area (Å²) in [5.74, 6) is 1.72. The van der Waals surface area contributed by atoms with E-state index in [4.69, 9.17) is 9.47 Å². The highest BCUT2D eigenvalue weighted by Gasteiger charge is 2.25. The molecule has 0 aliphatic carbocycles. The average molecular weight is 408 g/mol. The standard InChI is InChI=1S/C18H29N3O3.2ClH/c1-13(10-19-2)18(22)20-15-5-6-21(12-15)11-14-7-16(23-3)9-17(8-14)24-4;;/h7-9,13,15,19H,5-6,10-12H2,1-4H3,(H,20,22);2*1H. The summed E-state index contributed by atoms with van der Waals surface area (Å²) in [4.78, 5) is 14.5. The van der Waals surface area contributed by atoms with Crippen LogP contribution in [0.1, 0.15) is 18.9 Å². The number of carbonyl (C=O) groups is 1. The van der Waals surface area contributed by atoms with E-state index in [1.165, 1.54) is 0 Å². The van der Waals surface area contributed by atoms with Crippen LogP contribution < -0.4 is 20.1 Å². The van der Waals surface area contributed by atoms with E-state index < -0.39 is 0 Å². The monoisotopic (exact) mass is 407 g/mol. The third kappa shape index (κ3) is 7.19. The van der Waals surface area contributed by atoms with Crippen LogP contribution in [0.4, 0.5) is 0 Å². The molecule has 150 valence electrons. The van der Waals surface area contributed by atoms with Gasteiger partial charge in [-0.05, 0) is 31.2 Å². The predicted molar refractivity (Wildman–Crippen MR) is 109 cm³/mol. The van der Waals surface area contributed by atoms with Crippen molar-refractivity contribution in [1.82, 2.24) is 15.5 Å². The van der Waals surface area contributed by atoms with Crippen molar-refractivity contribution in [2.75, 3.05) is 40.9 Å². The lowest BCUT2D eigenvalue weighted by Crippen LogP contribution is -2.42. The molecule has 2 rings (SSSR count). The molecule has 1 amide bonds. The second kappa shape index (κ2) is 12.2. The molecule has 0 aromatic heterocycles. The van der Waals surface area contributed by atoms with Gasteiger partial charge in [-0.2, -0.15) is 0 Å². The zero-order valence-electron chi connectivity index (χ0n) is 15.9. The molecule has 1 aliphatic heterocycles. The maximum absolute atomic E-state index is 12.1. The molecule has 1 heterocycles. The van der Waals surface area contributed by atoms with Crippen LogP contribution in [0, 0.1) is 5.92 Å². The number of hydrogen-bond acceptors (Lipinski definition) is 5. The lowest BCUT2D eigenvalue weighted by molar-refractivity contribution is -0.125. The van der Waals surface area contributed by atoms with Crippen LogP contribution in [0.25, 0.3) is 0 Å². The number of amides is 1. The topological polar surface area (TPSA) is 62.8 Å². The highest BCUT2D eigenvalue weighted by molar-refractivity contribution is 5.85. The van der Waals surface area contributed by atoms with Crippen molar-refractivity contribution in [3.05, 3.63) is 23.8 Å². The molecule has 1 saturated heterocycles. The number of methoxy groups -OCH3 is 2. The van der Waals surface area contributed by atoms with Gasteiger partial charge in [0.15, 0.2) is 0 Å². The van der Waals surface area contributed by atoms with Gasteiger partial charge in [0, 0.05) is 44.2 Å². The molecular weight excluding hydrogens is 377 g/mol. The molecule has 1 aliphatic rings. The van der Waals surface area contributed by atoms with Crippen molar-refractivity contribution in [3.63, 3.8) is 0 Å². The van der Waals surface area contributed by atoms with Gasteiger partial charge < -0.3 is 20.1 Å². The van der Waals surface area contributed by atoms with Crippen molar-refractivity contribution in [1.29, 1.82) is 0 Å². The Labute approximate surface area is 168 Å². The minimum Gasteiger partial charge on any atom is -0.497 e. The number of hydrogen-bond donors (Lipinski definition) is 2. The zero-order chi connectivity index (χ0) is 17.5. The minimum absolute atomic E-state index is 0. The number of nitrogens with zero attached hydrogens (tertiary/aromatic N) is 1. The lowest BCUT2D eigenvalue weighted by atomic mass is 10.1. The fraction of sp³-hybridized carbons (Fsp3) is 0.611. The molecule has 6 nitrogen and oxygen atoms in total. The summed E-state index contributed by atoms with van der Waals surface area (Å²) < 4.78 is 10.6. The predicted octanol–water partition coefficient (Wildman–Crippen LogP) is 2.09. The Morgan fingerprint density at radius 3 is 2.38 bits per heavy atom. The molecule has 0 radical (unpaired) electrons. The Bertz CT molecular complexity index is 538. The zero-order valence-corrected chi connectivity index (χ0v) is 17.5. The number of carbonyl (C=O) groups excluding carboxylic acids is 1. The van der Waals surface area contributed by atoms with Gasteiger partial charge in [-0.1, -0.05) is 6.92 Å². The van der Waals surface area contributed by atoms with Crippen molar-refractivity contribution < 1.29 is 14.3 Å². The van der Waals surface area contributed by atoms with Crippen LogP contribution in [0.2, 0.25) is 0 Å². The molecule has 26 heavy (non-hydrogen) atoms. The van der Waals surface area contributed by atoms with E-state index in [1.807, 2.05) is 32.2 Å². The molecule has 1 aromatic carbocycles. The van der Waals surface area contributed by atoms with E-state index >= 15 is 0 Å². The number of benzene rings is 1. The van der Waals surface area contributed by atoms with Gasteiger partial charge in [0.25, 0.3) is 0 Å². The lowest BCUT2D eigenvalue weighted by Gasteiger charge is -2.19. The van der Waals surface area contributed by atoms with Gasteiger partial charge in [-0.15, -0.1) is 24.8 Å². The molecule has 0 saturated carbocycles. The summed E-state index contributed by atoms with van der Waals surface area (Å²) in [7, 11) is 5.18. The quantitative estimate of drug-likeness (QED) is 0.690. The van der Waals surface area contributed by atoms with Crippen molar-refractivity contribution >= 4 is 30.7 Å². The largest absolute Gasteiger partial charge is 0.497 e. The molecular formula is C18H31Cl2N3O3. The summed E-state index contributed by atoms with van der Waals surface area (Å²) in [6, 6.07) is 6.16.